The zero-order valence-electron chi connectivity index (χ0n) is 11.6. The summed E-state index contributed by atoms with van der Waals surface area (Å²) in [7, 11) is 1.30. The van der Waals surface area contributed by atoms with E-state index in [1.807, 2.05) is 0 Å². The zero-order valence-corrected chi connectivity index (χ0v) is 11.6. The van der Waals surface area contributed by atoms with Crippen LogP contribution in [0.2, 0.25) is 0 Å². The van der Waals surface area contributed by atoms with E-state index in [-0.39, 0.29) is 5.41 Å². The van der Waals surface area contributed by atoms with Crippen LogP contribution in [-0.2, 0) is 11.2 Å². The number of carbonyl (C=O) groups excluding carboxylic acids is 2. The molecule has 1 aliphatic rings. The molecule has 20 heavy (non-hydrogen) atoms. The minimum atomic E-state index is -0.759. The number of nitrogens with one attached hydrogen (secondary N) is 1. The first kappa shape index (κ1) is 14.1. The van der Waals surface area contributed by atoms with Gasteiger partial charge in [0.2, 0.25) is 0 Å². The van der Waals surface area contributed by atoms with Crippen molar-refractivity contribution in [3.05, 3.63) is 23.2 Å². The third-order valence-electron chi connectivity index (χ3n) is 3.15. The molecule has 108 valence electrons. The number of hydrazone groups is 1. The number of ether oxygens (including phenoxy) is 1. The van der Waals surface area contributed by atoms with Crippen LogP contribution in [0.1, 0.15) is 41.9 Å². The van der Waals surface area contributed by atoms with Gasteiger partial charge in [-0.25, -0.2) is 15.0 Å². The Hall–Kier alpha value is -2.31. The highest BCUT2D eigenvalue weighted by molar-refractivity contribution is 6.10. The second-order valence-corrected chi connectivity index (χ2v) is 5.49. The number of urea groups is 1. The highest BCUT2D eigenvalue weighted by Crippen LogP contribution is 2.37. The molecule has 0 aromatic carbocycles. The van der Waals surface area contributed by atoms with Gasteiger partial charge in [-0.15, -0.1) is 0 Å². The summed E-state index contributed by atoms with van der Waals surface area (Å²) in [5.74, 6) is 0.160. The van der Waals surface area contributed by atoms with Crippen molar-refractivity contribution in [2.24, 2.45) is 16.3 Å². The summed E-state index contributed by atoms with van der Waals surface area (Å²) in [6.45, 7) is 4.10. The highest BCUT2D eigenvalue weighted by Gasteiger charge is 2.36. The fourth-order valence-corrected chi connectivity index (χ4v) is 2.36. The van der Waals surface area contributed by atoms with Gasteiger partial charge in [0.05, 0.1) is 18.4 Å². The Morgan fingerprint density at radius 1 is 1.45 bits per heavy atom. The largest absolute Gasteiger partial charge is 0.468 e. The van der Waals surface area contributed by atoms with Crippen LogP contribution in [0.4, 0.5) is 4.79 Å². The molecule has 7 nitrogen and oxygen atoms in total. The lowest BCUT2D eigenvalue weighted by Crippen LogP contribution is -2.31. The predicted molar refractivity (Wildman–Crippen MR) is 71.4 cm³/mol. The maximum Gasteiger partial charge on any atom is 0.341 e. The third-order valence-corrected chi connectivity index (χ3v) is 3.15. The van der Waals surface area contributed by atoms with Crippen LogP contribution >= 0.6 is 0 Å². The maximum atomic E-state index is 11.7. The summed E-state index contributed by atoms with van der Waals surface area (Å²) in [4.78, 5) is 22.6. The molecule has 2 rings (SSSR count). The molecule has 1 heterocycles. The van der Waals surface area contributed by atoms with Crippen molar-refractivity contribution in [3.63, 3.8) is 0 Å². The number of furan rings is 1. The molecule has 1 aromatic rings. The second kappa shape index (κ2) is 4.99. The Kier molecular flexibility index (Phi) is 3.52. The molecular formula is C13H17N3O4. The number of carbonyl (C=O) groups is 2. The summed E-state index contributed by atoms with van der Waals surface area (Å²) in [5, 5.41) is 3.99. The zero-order chi connectivity index (χ0) is 14.9. The van der Waals surface area contributed by atoms with Gasteiger partial charge in [0.25, 0.3) is 0 Å². The molecule has 1 aliphatic carbocycles. The molecule has 0 unspecified atom stereocenters. The molecule has 7 heteroatoms. The fraction of sp³-hybridized carbons (Fsp3) is 0.462. The van der Waals surface area contributed by atoms with E-state index in [9.17, 15) is 9.59 Å². The molecule has 1 aromatic heterocycles. The first-order valence-electron chi connectivity index (χ1n) is 6.15. The van der Waals surface area contributed by atoms with E-state index in [0.29, 0.717) is 35.4 Å². The number of hydrogen-bond acceptors (Lipinski definition) is 5. The Balaban J connectivity index is 2.49. The molecule has 0 aliphatic heterocycles. The lowest BCUT2D eigenvalue weighted by molar-refractivity contribution is 0.0599. The highest BCUT2D eigenvalue weighted by atomic mass is 16.5. The minimum absolute atomic E-state index is 0.0869. The lowest BCUT2D eigenvalue weighted by atomic mass is 9.75. The van der Waals surface area contributed by atoms with E-state index < -0.39 is 12.0 Å². The molecular weight excluding hydrogens is 262 g/mol. The van der Waals surface area contributed by atoms with Crippen LogP contribution in [0.25, 0.3) is 0 Å². The number of esters is 1. The number of methoxy groups -OCH3 is 1. The number of nitrogens with zero attached hydrogens (tertiary/aromatic N) is 1. The molecule has 0 fully saturated rings. The maximum absolute atomic E-state index is 11.7. The minimum Gasteiger partial charge on any atom is -0.468 e. The third kappa shape index (κ3) is 2.66. The summed E-state index contributed by atoms with van der Waals surface area (Å²) < 4.78 is 10.2. The van der Waals surface area contributed by atoms with Gasteiger partial charge in [-0.1, -0.05) is 13.8 Å². The van der Waals surface area contributed by atoms with Crippen molar-refractivity contribution in [1.82, 2.24) is 5.43 Å². The molecule has 0 saturated heterocycles. The Morgan fingerprint density at radius 3 is 2.75 bits per heavy atom. The van der Waals surface area contributed by atoms with E-state index in [0.717, 1.165) is 0 Å². The van der Waals surface area contributed by atoms with E-state index >= 15 is 0 Å². The predicted octanol–water partition coefficient (Wildman–Crippen LogP) is 1.41. The van der Waals surface area contributed by atoms with E-state index in [2.05, 4.69) is 24.4 Å². The summed E-state index contributed by atoms with van der Waals surface area (Å²) in [6.07, 6.45) is 2.62. The normalized spacial score (nSPS) is 18.4. The summed E-state index contributed by atoms with van der Waals surface area (Å²) >= 11 is 0. The topological polar surface area (TPSA) is 107 Å². The lowest BCUT2D eigenvalue weighted by Gasteiger charge is -2.29. The molecule has 2 amide bonds. The summed E-state index contributed by atoms with van der Waals surface area (Å²) in [6, 6.07) is -0.759. The smallest absolute Gasteiger partial charge is 0.341 e. The average Bonchev–Trinajstić information content (AvgIpc) is 2.76. The van der Waals surface area contributed by atoms with Crippen molar-refractivity contribution >= 4 is 17.7 Å². The van der Waals surface area contributed by atoms with Crippen LogP contribution in [0.3, 0.4) is 0 Å². The van der Waals surface area contributed by atoms with E-state index in [1.54, 1.807) is 0 Å². The number of primary amides is 1. The van der Waals surface area contributed by atoms with Crippen LogP contribution < -0.4 is 11.2 Å². The molecule has 3 N–H and O–H groups in total. The van der Waals surface area contributed by atoms with Crippen molar-refractivity contribution in [2.45, 2.75) is 26.7 Å². The van der Waals surface area contributed by atoms with Crippen molar-refractivity contribution in [2.75, 3.05) is 7.11 Å². The van der Waals surface area contributed by atoms with Crippen LogP contribution in [0.5, 0.6) is 0 Å². The van der Waals surface area contributed by atoms with Gasteiger partial charge in [-0.2, -0.15) is 5.10 Å². The van der Waals surface area contributed by atoms with Gasteiger partial charge in [0.1, 0.15) is 17.6 Å². The molecule has 0 bridgehead atoms. The van der Waals surface area contributed by atoms with Gasteiger partial charge in [-0.05, 0) is 11.8 Å². The van der Waals surface area contributed by atoms with Crippen molar-refractivity contribution in [1.29, 1.82) is 0 Å². The number of rotatable bonds is 2. The van der Waals surface area contributed by atoms with Crippen LogP contribution in [0.15, 0.2) is 15.8 Å². The Morgan fingerprint density at radius 2 is 2.15 bits per heavy atom. The fourth-order valence-electron chi connectivity index (χ4n) is 2.36. The van der Waals surface area contributed by atoms with E-state index in [4.69, 9.17) is 14.9 Å². The van der Waals surface area contributed by atoms with Gasteiger partial charge in [0.15, 0.2) is 0 Å². The first-order valence-corrected chi connectivity index (χ1v) is 6.15. The van der Waals surface area contributed by atoms with Crippen LogP contribution in [0, 0.1) is 5.41 Å². The SMILES string of the molecule is COC(=O)c1coc2c1/C(=N/NC(N)=O)CC(C)(C)C2. The Labute approximate surface area is 116 Å². The molecule has 0 atom stereocenters. The van der Waals surface area contributed by atoms with Crippen molar-refractivity contribution in [3.8, 4) is 0 Å². The molecule has 0 radical (unpaired) electrons. The standard InChI is InChI=1S/C13H17N3O4/c1-13(2)4-8(15-16-12(14)18)10-7(11(17)19-3)6-20-9(10)5-13/h6H,4-5H2,1-3H3,(H3,14,16,18)/b15-8+. The number of amides is 2. The average molecular weight is 279 g/mol. The van der Waals surface area contributed by atoms with E-state index in [1.165, 1.54) is 13.4 Å². The monoisotopic (exact) mass is 279 g/mol. The molecule has 0 saturated carbocycles. The van der Waals surface area contributed by atoms with Gasteiger partial charge in [0, 0.05) is 6.42 Å². The van der Waals surface area contributed by atoms with Gasteiger partial charge in [-0.3, -0.25) is 0 Å². The number of fused-ring (bicyclic) bond motifs is 1. The quantitative estimate of drug-likeness (QED) is 0.630. The first-order chi connectivity index (χ1) is 9.34. The van der Waals surface area contributed by atoms with Gasteiger partial charge < -0.3 is 14.9 Å². The van der Waals surface area contributed by atoms with Crippen LogP contribution in [-0.4, -0.2) is 24.8 Å². The summed E-state index contributed by atoms with van der Waals surface area (Å²) in [5.41, 5.74) is 8.59. The Bertz CT molecular complexity index is 586. The van der Waals surface area contributed by atoms with Crippen molar-refractivity contribution < 1.29 is 18.7 Å². The molecule has 0 spiro atoms. The number of nitrogens with two attached hydrogens (primary N) is 1. The number of hydrogen-bond donors (Lipinski definition) is 2. The van der Waals surface area contributed by atoms with Gasteiger partial charge >= 0.3 is 12.0 Å². The second-order valence-electron chi connectivity index (χ2n) is 5.49.